The molecular weight excluding hydrogens is 324 g/mol. The zero-order valence-corrected chi connectivity index (χ0v) is 16.1. The van der Waals surface area contributed by atoms with Gasteiger partial charge in [-0.05, 0) is 50.4 Å². The summed E-state index contributed by atoms with van der Waals surface area (Å²) < 4.78 is 5.41. The largest absolute Gasteiger partial charge is 0.496 e. The number of halogens is 1. The highest BCUT2D eigenvalue weighted by Crippen LogP contribution is 2.25. The van der Waals surface area contributed by atoms with Gasteiger partial charge in [0.15, 0.2) is 0 Å². The molecule has 24 heavy (non-hydrogen) atoms. The molecule has 3 unspecified atom stereocenters. The van der Waals surface area contributed by atoms with Crippen molar-refractivity contribution in [3.63, 3.8) is 0 Å². The number of hydrogen-bond donors (Lipinski definition) is 0. The molecule has 0 aliphatic carbocycles. The maximum Gasteiger partial charge on any atom is 0.239 e. The number of carbonyl (C=O) groups excluding carboxylic acids is 1. The van der Waals surface area contributed by atoms with Crippen LogP contribution in [0.2, 0.25) is 5.02 Å². The summed E-state index contributed by atoms with van der Waals surface area (Å²) >= 11 is 6.10. The van der Waals surface area contributed by atoms with Crippen molar-refractivity contribution in [3.05, 3.63) is 28.8 Å². The third-order valence-electron chi connectivity index (χ3n) is 4.86. The van der Waals surface area contributed by atoms with E-state index in [4.69, 9.17) is 16.3 Å². The molecule has 1 saturated heterocycles. The Kier molecular flexibility index (Phi) is 6.53. The molecule has 0 spiro atoms. The quantitative estimate of drug-likeness (QED) is 0.810. The molecule has 1 aliphatic heterocycles. The van der Waals surface area contributed by atoms with E-state index in [0.29, 0.717) is 23.4 Å². The first-order chi connectivity index (χ1) is 11.3. The Bertz CT molecular complexity index is 568. The predicted molar refractivity (Wildman–Crippen MR) is 98.5 cm³/mol. The van der Waals surface area contributed by atoms with E-state index < -0.39 is 0 Å². The fraction of sp³-hybridized carbons (Fsp3) is 0.632. The Morgan fingerprint density at radius 1 is 1.38 bits per heavy atom. The zero-order chi connectivity index (χ0) is 17.9. The van der Waals surface area contributed by atoms with E-state index in [-0.39, 0.29) is 11.9 Å². The van der Waals surface area contributed by atoms with Crippen molar-refractivity contribution >= 4 is 17.5 Å². The molecule has 0 radical (unpaired) electrons. The Morgan fingerprint density at radius 2 is 2.00 bits per heavy atom. The summed E-state index contributed by atoms with van der Waals surface area (Å²) in [4.78, 5) is 16.9. The van der Waals surface area contributed by atoms with Crippen LogP contribution in [-0.4, -0.2) is 49.0 Å². The topological polar surface area (TPSA) is 32.8 Å². The summed E-state index contributed by atoms with van der Waals surface area (Å²) in [7, 11) is 3.62. The van der Waals surface area contributed by atoms with Crippen LogP contribution in [-0.2, 0) is 11.3 Å². The van der Waals surface area contributed by atoms with Crippen LogP contribution in [0.1, 0.15) is 32.8 Å². The number of likely N-dealkylation sites (N-methyl/N-ethyl adjacent to an activating group) is 1. The number of amides is 1. The molecule has 1 amide bonds. The van der Waals surface area contributed by atoms with E-state index in [0.717, 1.165) is 24.4 Å². The fourth-order valence-corrected chi connectivity index (χ4v) is 3.77. The Balaban J connectivity index is 2.05. The van der Waals surface area contributed by atoms with Crippen LogP contribution in [0, 0.1) is 11.8 Å². The highest BCUT2D eigenvalue weighted by atomic mass is 35.5. The number of rotatable bonds is 5. The molecule has 1 aromatic rings. The van der Waals surface area contributed by atoms with Crippen LogP contribution >= 0.6 is 11.6 Å². The van der Waals surface area contributed by atoms with E-state index in [9.17, 15) is 4.79 Å². The van der Waals surface area contributed by atoms with Gasteiger partial charge in [0.25, 0.3) is 0 Å². The average Bonchev–Trinajstić information content (AvgIpc) is 2.52. The Labute approximate surface area is 150 Å². The second-order valence-electron chi connectivity index (χ2n) is 7.24. The minimum Gasteiger partial charge on any atom is -0.496 e. The number of methoxy groups -OCH3 is 1. The van der Waals surface area contributed by atoms with Crippen molar-refractivity contribution < 1.29 is 9.53 Å². The summed E-state index contributed by atoms with van der Waals surface area (Å²) in [6.45, 7) is 8.77. The van der Waals surface area contributed by atoms with E-state index in [1.54, 1.807) is 7.11 Å². The van der Waals surface area contributed by atoms with Crippen molar-refractivity contribution in [2.45, 2.75) is 39.8 Å². The molecule has 0 bridgehead atoms. The van der Waals surface area contributed by atoms with E-state index >= 15 is 0 Å². The fourth-order valence-electron chi connectivity index (χ4n) is 3.57. The van der Waals surface area contributed by atoms with E-state index in [1.807, 2.05) is 37.1 Å². The third-order valence-corrected chi connectivity index (χ3v) is 5.10. The second-order valence-corrected chi connectivity index (χ2v) is 7.67. The van der Waals surface area contributed by atoms with E-state index in [1.165, 1.54) is 6.42 Å². The Morgan fingerprint density at radius 3 is 2.58 bits per heavy atom. The van der Waals surface area contributed by atoms with Gasteiger partial charge in [-0.2, -0.15) is 0 Å². The molecule has 2 rings (SSSR count). The van der Waals surface area contributed by atoms with Crippen molar-refractivity contribution in [1.82, 2.24) is 9.80 Å². The number of likely N-dealkylation sites (tertiary alicyclic amines) is 1. The molecule has 0 saturated carbocycles. The summed E-state index contributed by atoms with van der Waals surface area (Å²) in [5.41, 5.74) is 0.993. The van der Waals surface area contributed by atoms with E-state index in [2.05, 4.69) is 18.7 Å². The van der Waals surface area contributed by atoms with Crippen molar-refractivity contribution in [3.8, 4) is 5.75 Å². The van der Waals surface area contributed by atoms with Crippen LogP contribution in [0.25, 0.3) is 0 Å². The first-order valence-electron chi connectivity index (χ1n) is 8.63. The maximum atomic E-state index is 12.9. The van der Waals surface area contributed by atoms with Gasteiger partial charge in [-0.15, -0.1) is 0 Å². The highest BCUT2D eigenvalue weighted by Gasteiger charge is 2.30. The van der Waals surface area contributed by atoms with Gasteiger partial charge in [0.1, 0.15) is 5.75 Å². The lowest BCUT2D eigenvalue weighted by Crippen LogP contribution is -2.50. The summed E-state index contributed by atoms with van der Waals surface area (Å²) in [5.74, 6) is 2.15. The molecule has 134 valence electrons. The lowest BCUT2D eigenvalue weighted by atomic mass is 9.91. The van der Waals surface area contributed by atoms with Gasteiger partial charge in [-0.1, -0.05) is 25.4 Å². The third kappa shape index (κ3) is 4.64. The van der Waals surface area contributed by atoms with Crippen molar-refractivity contribution in [2.24, 2.45) is 11.8 Å². The monoisotopic (exact) mass is 352 g/mol. The Hall–Kier alpha value is -1.26. The number of piperidine rings is 1. The number of nitrogens with zero attached hydrogens (tertiary/aromatic N) is 2. The number of hydrogen-bond acceptors (Lipinski definition) is 3. The van der Waals surface area contributed by atoms with Gasteiger partial charge in [0.05, 0.1) is 13.2 Å². The van der Waals surface area contributed by atoms with Crippen LogP contribution in [0.5, 0.6) is 5.75 Å². The predicted octanol–water partition coefficient (Wildman–Crippen LogP) is 3.67. The minimum absolute atomic E-state index is 0.175. The van der Waals surface area contributed by atoms with Crippen molar-refractivity contribution in [1.29, 1.82) is 0 Å². The molecule has 3 atom stereocenters. The molecule has 1 aliphatic rings. The molecule has 4 nitrogen and oxygen atoms in total. The summed E-state index contributed by atoms with van der Waals surface area (Å²) in [6, 6.07) is 5.41. The van der Waals surface area contributed by atoms with Gasteiger partial charge in [-0.25, -0.2) is 0 Å². The molecular formula is C19H29ClN2O2. The normalized spacial score (nSPS) is 22.5. The summed E-state index contributed by atoms with van der Waals surface area (Å²) in [6.07, 6.45) is 1.20. The van der Waals surface area contributed by atoms with Gasteiger partial charge in [0.2, 0.25) is 5.91 Å². The molecule has 1 aromatic carbocycles. The first kappa shape index (κ1) is 19.1. The lowest BCUT2D eigenvalue weighted by molar-refractivity contribution is -0.138. The number of carbonyl (C=O) groups is 1. The van der Waals surface area contributed by atoms with Gasteiger partial charge in [0, 0.05) is 30.2 Å². The van der Waals surface area contributed by atoms with Crippen LogP contribution in [0.15, 0.2) is 18.2 Å². The van der Waals surface area contributed by atoms with Crippen LogP contribution in [0.4, 0.5) is 0 Å². The average molecular weight is 353 g/mol. The standard InChI is InChI=1S/C19H29ClN2O2/c1-13-8-14(2)11-22(10-13)19(23)15(3)21(4)12-16-9-17(20)6-7-18(16)24-5/h6-7,9,13-15H,8,10-12H2,1-5H3. The van der Waals surface area contributed by atoms with Gasteiger partial charge >= 0.3 is 0 Å². The zero-order valence-electron chi connectivity index (χ0n) is 15.4. The summed E-state index contributed by atoms with van der Waals surface area (Å²) in [5, 5.41) is 0.678. The van der Waals surface area contributed by atoms with Crippen molar-refractivity contribution in [2.75, 3.05) is 27.2 Å². The number of benzene rings is 1. The molecule has 0 aromatic heterocycles. The lowest BCUT2D eigenvalue weighted by Gasteiger charge is -2.38. The molecule has 1 heterocycles. The van der Waals surface area contributed by atoms with Gasteiger partial charge in [-0.3, -0.25) is 9.69 Å². The molecule has 5 heteroatoms. The minimum atomic E-state index is -0.175. The van der Waals surface area contributed by atoms with Crippen LogP contribution in [0.3, 0.4) is 0 Å². The SMILES string of the molecule is COc1ccc(Cl)cc1CN(C)C(C)C(=O)N1CC(C)CC(C)C1. The molecule has 0 N–H and O–H groups in total. The van der Waals surface area contributed by atoms with Crippen LogP contribution < -0.4 is 4.74 Å². The van der Waals surface area contributed by atoms with Gasteiger partial charge < -0.3 is 9.64 Å². The number of ether oxygens (including phenoxy) is 1. The first-order valence-corrected chi connectivity index (χ1v) is 9.01. The highest BCUT2D eigenvalue weighted by molar-refractivity contribution is 6.30. The molecule has 1 fully saturated rings. The maximum absolute atomic E-state index is 12.9. The second kappa shape index (κ2) is 8.21. The smallest absolute Gasteiger partial charge is 0.239 e.